The minimum absolute atomic E-state index is 0.273. The number of nitrogens with zero attached hydrogens (tertiary/aromatic N) is 1. The monoisotopic (exact) mass is 501 g/mol. The molecule has 3 aromatic carbocycles. The molecule has 0 aliphatic heterocycles. The SMILES string of the molecule is COc1ccc(OC(=O)N(CCCCCCC(=O)NO)c2ccc(-c3ccc4cc[nH]c4c3)cc2)cc1. The maximum atomic E-state index is 13.2. The van der Waals surface area contributed by atoms with Crippen molar-refractivity contribution < 1.29 is 24.3 Å². The smallest absolute Gasteiger partial charge is 0.419 e. The highest BCUT2D eigenvalue weighted by Crippen LogP contribution is 2.27. The van der Waals surface area contributed by atoms with Gasteiger partial charge >= 0.3 is 6.09 Å². The number of amides is 2. The first-order chi connectivity index (χ1) is 18.1. The number of hydrogen-bond acceptors (Lipinski definition) is 5. The van der Waals surface area contributed by atoms with Crippen LogP contribution in [0.1, 0.15) is 32.1 Å². The lowest BCUT2D eigenvalue weighted by Crippen LogP contribution is -2.34. The highest BCUT2D eigenvalue weighted by Gasteiger charge is 2.18. The Labute approximate surface area is 215 Å². The van der Waals surface area contributed by atoms with Crippen LogP contribution in [0.25, 0.3) is 22.0 Å². The summed E-state index contributed by atoms with van der Waals surface area (Å²) in [6.07, 6.45) is 4.78. The Morgan fingerprint density at radius 3 is 2.30 bits per heavy atom. The molecule has 0 aliphatic rings. The van der Waals surface area contributed by atoms with E-state index < -0.39 is 6.09 Å². The van der Waals surface area contributed by atoms with Crippen LogP contribution in [-0.2, 0) is 4.79 Å². The highest BCUT2D eigenvalue weighted by atomic mass is 16.6. The van der Waals surface area contributed by atoms with Gasteiger partial charge < -0.3 is 14.5 Å². The van der Waals surface area contributed by atoms with Gasteiger partial charge in [0.1, 0.15) is 11.5 Å². The van der Waals surface area contributed by atoms with Crippen molar-refractivity contribution in [1.29, 1.82) is 0 Å². The van der Waals surface area contributed by atoms with E-state index in [1.807, 2.05) is 36.5 Å². The average molecular weight is 502 g/mol. The molecule has 4 rings (SSSR count). The van der Waals surface area contributed by atoms with E-state index in [1.165, 1.54) is 0 Å². The molecule has 4 aromatic rings. The number of nitrogens with one attached hydrogen (secondary N) is 2. The molecule has 1 heterocycles. The zero-order chi connectivity index (χ0) is 26.0. The van der Waals surface area contributed by atoms with Crippen molar-refractivity contribution in [3.05, 3.63) is 79.0 Å². The number of methoxy groups -OCH3 is 1. The van der Waals surface area contributed by atoms with Crippen molar-refractivity contribution in [2.75, 3.05) is 18.6 Å². The number of ether oxygens (including phenoxy) is 2. The van der Waals surface area contributed by atoms with Gasteiger partial charge in [-0.05, 0) is 77.9 Å². The number of carbonyl (C=O) groups excluding carboxylic acids is 2. The van der Waals surface area contributed by atoms with Crippen molar-refractivity contribution >= 4 is 28.6 Å². The van der Waals surface area contributed by atoms with E-state index in [2.05, 4.69) is 23.2 Å². The Hall–Kier alpha value is -4.30. The molecule has 8 heteroatoms. The number of benzene rings is 3. The molecule has 0 atom stereocenters. The van der Waals surface area contributed by atoms with E-state index in [0.29, 0.717) is 24.5 Å². The molecule has 0 aliphatic carbocycles. The molecule has 1 aromatic heterocycles. The number of aromatic nitrogens is 1. The largest absolute Gasteiger partial charge is 0.497 e. The number of unbranched alkanes of at least 4 members (excludes halogenated alkanes) is 3. The molecule has 0 fully saturated rings. The standard InChI is InChI=1S/C29H31N3O5/c1-36-25-13-15-26(16-14-25)37-29(34)32(19-5-3-2-4-6-28(33)31-35)24-11-9-21(10-12-24)23-8-7-22-17-18-30-27(22)20-23/h7-18,20,30,35H,2-6,19H2,1H3,(H,31,33). The van der Waals surface area contributed by atoms with Crippen molar-refractivity contribution in [1.82, 2.24) is 10.5 Å². The Bertz CT molecular complexity index is 1320. The van der Waals surface area contributed by atoms with E-state index >= 15 is 0 Å². The van der Waals surface area contributed by atoms with E-state index in [-0.39, 0.29) is 12.3 Å². The molecule has 8 nitrogen and oxygen atoms in total. The molecule has 3 N–H and O–H groups in total. The number of H-pyrrole nitrogens is 1. The molecule has 0 saturated heterocycles. The Balaban J connectivity index is 1.45. The van der Waals surface area contributed by atoms with Crippen molar-refractivity contribution in [3.8, 4) is 22.6 Å². The second-order valence-electron chi connectivity index (χ2n) is 8.72. The van der Waals surface area contributed by atoms with Gasteiger partial charge in [0, 0.05) is 30.4 Å². The molecule has 0 saturated carbocycles. The molecular weight excluding hydrogens is 470 g/mol. The Morgan fingerprint density at radius 2 is 1.57 bits per heavy atom. The number of hydrogen-bond donors (Lipinski definition) is 3. The summed E-state index contributed by atoms with van der Waals surface area (Å²) < 4.78 is 10.8. The fraction of sp³-hybridized carbons (Fsp3) is 0.241. The van der Waals surface area contributed by atoms with Crippen LogP contribution in [-0.4, -0.2) is 35.8 Å². The van der Waals surface area contributed by atoms with Gasteiger partial charge in [-0.15, -0.1) is 0 Å². The van der Waals surface area contributed by atoms with E-state index in [1.54, 1.807) is 41.8 Å². The number of aromatic amines is 1. The fourth-order valence-corrected chi connectivity index (χ4v) is 4.15. The maximum Gasteiger partial charge on any atom is 0.419 e. The van der Waals surface area contributed by atoms with E-state index in [9.17, 15) is 9.59 Å². The zero-order valence-corrected chi connectivity index (χ0v) is 20.8. The van der Waals surface area contributed by atoms with Gasteiger partial charge in [0.2, 0.25) is 5.91 Å². The summed E-state index contributed by atoms with van der Waals surface area (Å²) in [7, 11) is 1.58. The zero-order valence-electron chi connectivity index (χ0n) is 20.8. The predicted molar refractivity (Wildman–Crippen MR) is 143 cm³/mol. The van der Waals surface area contributed by atoms with Crippen LogP contribution < -0.4 is 19.9 Å². The predicted octanol–water partition coefficient (Wildman–Crippen LogP) is 6.30. The third kappa shape index (κ3) is 6.89. The van der Waals surface area contributed by atoms with Gasteiger partial charge in [0.25, 0.3) is 0 Å². The molecule has 192 valence electrons. The van der Waals surface area contributed by atoms with Gasteiger partial charge in [0.15, 0.2) is 0 Å². The second kappa shape index (κ2) is 12.6. The average Bonchev–Trinajstić information content (AvgIpc) is 3.41. The molecular formula is C29H31N3O5. The highest BCUT2D eigenvalue weighted by molar-refractivity contribution is 5.90. The molecule has 37 heavy (non-hydrogen) atoms. The van der Waals surface area contributed by atoms with Crippen molar-refractivity contribution in [2.45, 2.75) is 32.1 Å². The molecule has 0 spiro atoms. The molecule has 0 radical (unpaired) electrons. The first-order valence-corrected chi connectivity index (χ1v) is 12.3. The quantitative estimate of drug-likeness (QED) is 0.127. The third-order valence-corrected chi connectivity index (χ3v) is 6.21. The first kappa shape index (κ1) is 25.8. The van der Waals surface area contributed by atoms with Gasteiger partial charge in [-0.3, -0.25) is 14.9 Å². The van der Waals surface area contributed by atoms with Crippen LogP contribution in [0.15, 0.2) is 79.0 Å². The van der Waals surface area contributed by atoms with Crippen LogP contribution in [0.5, 0.6) is 11.5 Å². The third-order valence-electron chi connectivity index (χ3n) is 6.21. The minimum atomic E-state index is -0.467. The Morgan fingerprint density at radius 1 is 0.865 bits per heavy atom. The molecule has 2 amide bonds. The summed E-state index contributed by atoms with van der Waals surface area (Å²) in [5.41, 5.74) is 5.59. The minimum Gasteiger partial charge on any atom is -0.497 e. The van der Waals surface area contributed by atoms with E-state index in [0.717, 1.165) is 47.0 Å². The summed E-state index contributed by atoms with van der Waals surface area (Å²) in [5.74, 6) is 0.724. The normalized spacial score (nSPS) is 10.8. The second-order valence-corrected chi connectivity index (χ2v) is 8.72. The fourth-order valence-electron chi connectivity index (χ4n) is 4.15. The summed E-state index contributed by atoms with van der Waals surface area (Å²) in [6, 6.07) is 23.0. The van der Waals surface area contributed by atoms with Crippen LogP contribution in [0, 0.1) is 0 Å². The van der Waals surface area contributed by atoms with Crippen LogP contribution >= 0.6 is 0 Å². The summed E-state index contributed by atoms with van der Waals surface area (Å²) >= 11 is 0. The number of rotatable bonds is 11. The number of anilines is 1. The molecule has 0 unspecified atom stereocenters. The van der Waals surface area contributed by atoms with Gasteiger partial charge in [-0.1, -0.05) is 37.1 Å². The van der Waals surface area contributed by atoms with Crippen LogP contribution in [0.3, 0.4) is 0 Å². The summed E-state index contributed by atoms with van der Waals surface area (Å²) in [4.78, 5) is 29.2. The van der Waals surface area contributed by atoms with Crippen LogP contribution in [0.4, 0.5) is 10.5 Å². The first-order valence-electron chi connectivity index (χ1n) is 12.3. The lowest BCUT2D eigenvalue weighted by atomic mass is 10.0. The van der Waals surface area contributed by atoms with Crippen molar-refractivity contribution in [2.24, 2.45) is 0 Å². The van der Waals surface area contributed by atoms with Gasteiger partial charge in [0.05, 0.1) is 7.11 Å². The summed E-state index contributed by atoms with van der Waals surface area (Å²) in [5, 5.41) is 9.77. The lowest BCUT2D eigenvalue weighted by molar-refractivity contribution is -0.129. The Kier molecular flexibility index (Phi) is 8.78. The van der Waals surface area contributed by atoms with E-state index in [4.69, 9.17) is 14.7 Å². The number of hydroxylamine groups is 1. The van der Waals surface area contributed by atoms with Gasteiger partial charge in [-0.2, -0.15) is 0 Å². The maximum absolute atomic E-state index is 13.2. The molecule has 0 bridgehead atoms. The van der Waals surface area contributed by atoms with Crippen LogP contribution in [0.2, 0.25) is 0 Å². The topological polar surface area (TPSA) is 104 Å². The number of carbonyl (C=O) groups is 2. The van der Waals surface area contributed by atoms with Crippen molar-refractivity contribution in [3.63, 3.8) is 0 Å². The summed E-state index contributed by atoms with van der Waals surface area (Å²) in [6.45, 7) is 0.467. The van der Waals surface area contributed by atoms with Gasteiger partial charge in [-0.25, -0.2) is 10.3 Å². The lowest BCUT2D eigenvalue weighted by Gasteiger charge is -2.22. The number of fused-ring (bicyclic) bond motifs is 1.